The molecule has 3 aromatic rings. The molecule has 0 amide bonds. The number of fused-ring (bicyclic) bond motifs is 3. The van der Waals surface area contributed by atoms with Crippen LogP contribution in [0.4, 0.5) is 5.95 Å². The fraction of sp³-hybridized carbons (Fsp3) is 0.333. The predicted molar refractivity (Wildman–Crippen MR) is 76.6 cm³/mol. The smallest absolute Gasteiger partial charge is 0.231 e. The lowest BCUT2D eigenvalue weighted by Crippen LogP contribution is -2.31. The Morgan fingerprint density at radius 3 is 2.63 bits per heavy atom. The minimum absolute atomic E-state index is 0.957. The molecular weight excluding hydrogens is 236 g/mol. The van der Waals surface area contributed by atoms with Gasteiger partial charge in [-0.15, -0.1) is 10.2 Å². The summed E-state index contributed by atoms with van der Waals surface area (Å²) < 4.78 is 2.12. The van der Waals surface area contributed by atoms with Gasteiger partial charge in [-0.05, 0) is 30.7 Å². The van der Waals surface area contributed by atoms with Crippen LogP contribution >= 0.6 is 0 Å². The number of benzene rings is 1. The lowest BCUT2D eigenvalue weighted by molar-refractivity contribution is 0.566. The molecule has 0 saturated carbocycles. The van der Waals surface area contributed by atoms with Gasteiger partial charge in [0, 0.05) is 24.7 Å². The number of aromatic nitrogens is 3. The number of hydrogen-bond acceptors (Lipinski definition) is 3. The number of piperidine rings is 1. The Bertz CT molecular complexity index is 725. The van der Waals surface area contributed by atoms with Crippen molar-refractivity contribution < 1.29 is 0 Å². The molecule has 4 rings (SSSR count). The first-order valence-corrected chi connectivity index (χ1v) is 6.91. The second-order valence-electron chi connectivity index (χ2n) is 5.14. The maximum Gasteiger partial charge on any atom is 0.231 e. The highest BCUT2D eigenvalue weighted by molar-refractivity contribution is 5.94. The van der Waals surface area contributed by atoms with Gasteiger partial charge < -0.3 is 4.90 Å². The standard InChI is InChI=1S/C15H16N4/c1-4-9-18(10-5-1)15-17-16-14-13-7-3-2-6-12(13)8-11-19(14)15/h2-3,6-8,11H,1,4-5,9-10H2. The van der Waals surface area contributed by atoms with Crippen LogP contribution in [0.2, 0.25) is 0 Å². The van der Waals surface area contributed by atoms with Crippen molar-refractivity contribution in [2.45, 2.75) is 19.3 Å². The van der Waals surface area contributed by atoms with E-state index >= 15 is 0 Å². The lowest BCUT2D eigenvalue weighted by atomic mass is 10.1. The molecule has 0 unspecified atom stereocenters. The van der Waals surface area contributed by atoms with E-state index in [0.29, 0.717) is 0 Å². The summed E-state index contributed by atoms with van der Waals surface area (Å²) in [6.07, 6.45) is 5.92. The van der Waals surface area contributed by atoms with Crippen LogP contribution in [0.25, 0.3) is 16.4 Å². The number of anilines is 1. The zero-order valence-corrected chi connectivity index (χ0v) is 10.8. The van der Waals surface area contributed by atoms with Gasteiger partial charge in [-0.1, -0.05) is 24.3 Å². The summed E-state index contributed by atoms with van der Waals surface area (Å²) in [6, 6.07) is 10.5. The van der Waals surface area contributed by atoms with E-state index in [2.05, 4.69) is 56.0 Å². The first-order valence-electron chi connectivity index (χ1n) is 6.91. The molecule has 2 aromatic heterocycles. The fourth-order valence-electron chi connectivity index (χ4n) is 2.91. The molecule has 0 spiro atoms. The van der Waals surface area contributed by atoms with Crippen molar-refractivity contribution in [3.63, 3.8) is 0 Å². The van der Waals surface area contributed by atoms with Gasteiger partial charge in [0.1, 0.15) is 0 Å². The minimum atomic E-state index is 0.957. The average molecular weight is 252 g/mol. The molecule has 1 saturated heterocycles. The topological polar surface area (TPSA) is 33.4 Å². The van der Waals surface area contributed by atoms with Gasteiger partial charge in [-0.25, -0.2) is 0 Å². The summed E-state index contributed by atoms with van der Waals surface area (Å²) in [5.74, 6) is 0.987. The normalized spacial score (nSPS) is 16.3. The summed E-state index contributed by atoms with van der Waals surface area (Å²) in [5, 5.41) is 11.2. The molecule has 0 atom stereocenters. The third-order valence-corrected chi connectivity index (χ3v) is 3.92. The number of pyridine rings is 1. The van der Waals surface area contributed by atoms with E-state index in [-0.39, 0.29) is 0 Å². The Morgan fingerprint density at radius 1 is 0.895 bits per heavy atom. The highest BCUT2D eigenvalue weighted by Gasteiger charge is 2.17. The molecule has 4 nitrogen and oxygen atoms in total. The van der Waals surface area contributed by atoms with E-state index in [1.54, 1.807) is 0 Å². The van der Waals surface area contributed by atoms with Crippen molar-refractivity contribution in [1.82, 2.24) is 14.6 Å². The van der Waals surface area contributed by atoms with Crippen LogP contribution in [0.15, 0.2) is 36.5 Å². The lowest BCUT2D eigenvalue weighted by Gasteiger charge is -2.26. The van der Waals surface area contributed by atoms with E-state index in [9.17, 15) is 0 Å². The molecule has 0 N–H and O–H groups in total. The molecule has 0 bridgehead atoms. The summed E-state index contributed by atoms with van der Waals surface area (Å²) in [7, 11) is 0. The Labute approximate surface area is 111 Å². The second kappa shape index (κ2) is 4.23. The van der Waals surface area contributed by atoms with Crippen molar-refractivity contribution in [1.29, 1.82) is 0 Å². The van der Waals surface area contributed by atoms with Crippen molar-refractivity contribution in [3.05, 3.63) is 36.5 Å². The Morgan fingerprint density at radius 2 is 1.74 bits per heavy atom. The molecule has 1 aromatic carbocycles. The SMILES string of the molecule is c1ccc2c(c1)ccn1c(N3CCCCC3)nnc21. The number of rotatable bonds is 1. The van der Waals surface area contributed by atoms with Crippen LogP contribution < -0.4 is 4.90 Å². The monoisotopic (exact) mass is 252 g/mol. The molecule has 19 heavy (non-hydrogen) atoms. The molecule has 0 radical (unpaired) electrons. The predicted octanol–water partition coefficient (Wildman–Crippen LogP) is 2.87. The average Bonchev–Trinajstić information content (AvgIpc) is 2.92. The fourth-order valence-corrected chi connectivity index (χ4v) is 2.91. The Balaban J connectivity index is 1.91. The molecule has 4 heteroatoms. The number of nitrogens with zero attached hydrogens (tertiary/aromatic N) is 4. The molecule has 96 valence electrons. The van der Waals surface area contributed by atoms with Crippen molar-refractivity contribution in [2.75, 3.05) is 18.0 Å². The van der Waals surface area contributed by atoms with Crippen LogP contribution in [-0.4, -0.2) is 27.7 Å². The van der Waals surface area contributed by atoms with Crippen molar-refractivity contribution >= 4 is 22.4 Å². The summed E-state index contributed by atoms with van der Waals surface area (Å²) in [6.45, 7) is 2.18. The largest absolute Gasteiger partial charge is 0.341 e. The minimum Gasteiger partial charge on any atom is -0.341 e. The van der Waals surface area contributed by atoms with Gasteiger partial charge in [-0.2, -0.15) is 0 Å². The molecule has 1 aliphatic heterocycles. The summed E-state index contributed by atoms with van der Waals surface area (Å²) in [5.41, 5.74) is 0.957. The molecule has 1 aliphatic rings. The third kappa shape index (κ3) is 1.67. The Kier molecular flexibility index (Phi) is 2.40. The van der Waals surface area contributed by atoms with Gasteiger partial charge >= 0.3 is 0 Å². The van der Waals surface area contributed by atoms with Gasteiger partial charge in [0.15, 0.2) is 5.65 Å². The number of hydrogen-bond donors (Lipinski definition) is 0. The second-order valence-corrected chi connectivity index (χ2v) is 5.14. The van der Waals surface area contributed by atoms with E-state index in [4.69, 9.17) is 0 Å². The maximum absolute atomic E-state index is 4.41. The first-order chi connectivity index (χ1) is 9.43. The van der Waals surface area contributed by atoms with E-state index in [1.165, 1.54) is 30.0 Å². The zero-order chi connectivity index (χ0) is 12.7. The van der Waals surface area contributed by atoms with Gasteiger partial charge in [0.2, 0.25) is 5.95 Å². The molecular formula is C15H16N4. The quantitative estimate of drug-likeness (QED) is 0.667. The van der Waals surface area contributed by atoms with Crippen molar-refractivity contribution in [2.24, 2.45) is 0 Å². The summed E-state index contributed by atoms with van der Waals surface area (Å²) >= 11 is 0. The molecule has 0 aliphatic carbocycles. The van der Waals surface area contributed by atoms with Gasteiger partial charge in [-0.3, -0.25) is 4.40 Å². The van der Waals surface area contributed by atoms with Crippen molar-refractivity contribution in [3.8, 4) is 0 Å². The zero-order valence-electron chi connectivity index (χ0n) is 10.8. The van der Waals surface area contributed by atoms with E-state index in [0.717, 1.165) is 24.7 Å². The summed E-state index contributed by atoms with van der Waals surface area (Å²) in [4.78, 5) is 2.35. The van der Waals surface area contributed by atoms with Gasteiger partial charge in [0.25, 0.3) is 0 Å². The molecule has 1 fully saturated rings. The van der Waals surface area contributed by atoms with Crippen LogP contribution in [0.3, 0.4) is 0 Å². The van der Waals surface area contributed by atoms with Crippen LogP contribution in [0.5, 0.6) is 0 Å². The maximum atomic E-state index is 4.41. The van der Waals surface area contributed by atoms with E-state index in [1.807, 2.05) is 0 Å². The third-order valence-electron chi connectivity index (χ3n) is 3.92. The first kappa shape index (κ1) is 10.8. The van der Waals surface area contributed by atoms with Crippen LogP contribution in [0, 0.1) is 0 Å². The van der Waals surface area contributed by atoms with Crippen LogP contribution in [0.1, 0.15) is 19.3 Å². The van der Waals surface area contributed by atoms with E-state index < -0.39 is 0 Å². The highest BCUT2D eigenvalue weighted by atomic mass is 15.4. The van der Waals surface area contributed by atoms with Crippen LogP contribution in [-0.2, 0) is 0 Å². The highest BCUT2D eigenvalue weighted by Crippen LogP contribution is 2.23. The molecule has 3 heterocycles. The Hall–Kier alpha value is -2.10. The van der Waals surface area contributed by atoms with Gasteiger partial charge in [0.05, 0.1) is 0 Å².